The molecule has 0 saturated carbocycles. The molecule has 1 aliphatic heterocycles. The monoisotopic (exact) mass is 300 g/mol. The first kappa shape index (κ1) is 14.7. The third-order valence-corrected chi connectivity index (χ3v) is 3.79. The van der Waals surface area contributed by atoms with Crippen LogP contribution in [0.3, 0.4) is 0 Å². The molecule has 6 nitrogen and oxygen atoms in total. The molecule has 116 valence electrons. The predicted molar refractivity (Wildman–Crippen MR) is 83.9 cm³/mol. The summed E-state index contributed by atoms with van der Waals surface area (Å²) in [7, 11) is 0. The Hall–Kier alpha value is -2.18. The molecule has 3 N–H and O–H groups in total. The van der Waals surface area contributed by atoms with E-state index >= 15 is 0 Å². The van der Waals surface area contributed by atoms with E-state index in [2.05, 4.69) is 10.4 Å². The van der Waals surface area contributed by atoms with Crippen LogP contribution in [-0.2, 0) is 9.53 Å². The maximum Gasteiger partial charge on any atom is 0.253 e. The summed E-state index contributed by atoms with van der Waals surface area (Å²) in [5, 5.41) is 7.33. The van der Waals surface area contributed by atoms with Crippen LogP contribution >= 0.6 is 0 Å². The van der Waals surface area contributed by atoms with Gasteiger partial charge in [0.05, 0.1) is 23.2 Å². The second-order valence-corrected chi connectivity index (χ2v) is 5.47. The number of amides is 1. The number of ether oxygens (including phenoxy) is 1. The summed E-state index contributed by atoms with van der Waals surface area (Å²) in [6.45, 7) is 2.38. The van der Waals surface area contributed by atoms with Crippen molar-refractivity contribution in [3.8, 4) is 5.69 Å². The first-order chi connectivity index (χ1) is 10.7. The highest BCUT2D eigenvalue weighted by Gasteiger charge is 2.30. The Bertz CT molecular complexity index is 668. The number of anilines is 1. The Labute approximate surface area is 129 Å². The van der Waals surface area contributed by atoms with Crippen LogP contribution in [0.1, 0.15) is 18.5 Å². The van der Waals surface area contributed by atoms with Crippen molar-refractivity contribution >= 4 is 11.6 Å². The molecule has 0 spiro atoms. The number of nitrogens with two attached hydrogens (primary N) is 1. The molecule has 0 bridgehead atoms. The molecule has 1 saturated heterocycles. The summed E-state index contributed by atoms with van der Waals surface area (Å²) < 4.78 is 7.39. The smallest absolute Gasteiger partial charge is 0.253 e. The van der Waals surface area contributed by atoms with Crippen molar-refractivity contribution < 1.29 is 9.53 Å². The minimum absolute atomic E-state index is 0.0141. The standard InChI is InChI=1S/C16H20N4O2/c1-11-8-9-20(19-11)14-5-3-2-4-13(14)18-16(21)15-7-6-12(10-17)22-15/h2-5,8-9,12,15H,6-7,10,17H2,1H3,(H,18,21)/t12-,15+/m1/s1. The largest absolute Gasteiger partial charge is 0.364 e. The van der Waals surface area contributed by atoms with Gasteiger partial charge in [-0.3, -0.25) is 4.79 Å². The Morgan fingerprint density at radius 2 is 2.23 bits per heavy atom. The van der Waals surface area contributed by atoms with Gasteiger partial charge in [-0.25, -0.2) is 4.68 Å². The maximum atomic E-state index is 12.4. The molecular weight excluding hydrogens is 280 g/mol. The number of aryl methyl sites for hydroxylation is 1. The number of rotatable bonds is 4. The normalized spacial score (nSPS) is 21.0. The summed E-state index contributed by atoms with van der Waals surface area (Å²) in [4.78, 5) is 12.4. The maximum absolute atomic E-state index is 12.4. The van der Waals surface area contributed by atoms with Crippen molar-refractivity contribution in [3.63, 3.8) is 0 Å². The van der Waals surface area contributed by atoms with Gasteiger partial charge in [-0.2, -0.15) is 5.10 Å². The van der Waals surface area contributed by atoms with Gasteiger partial charge in [0, 0.05) is 12.7 Å². The Balaban J connectivity index is 1.77. The third kappa shape index (κ3) is 3.03. The third-order valence-electron chi connectivity index (χ3n) is 3.79. The zero-order valence-corrected chi connectivity index (χ0v) is 12.5. The number of hydrogen-bond donors (Lipinski definition) is 2. The lowest BCUT2D eigenvalue weighted by Gasteiger charge is -2.15. The SMILES string of the molecule is Cc1ccn(-c2ccccc2NC(=O)[C@@H]2CC[C@H](CN)O2)n1. The number of nitrogens with zero attached hydrogens (tertiary/aromatic N) is 2. The quantitative estimate of drug-likeness (QED) is 0.899. The van der Waals surface area contributed by atoms with E-state index in [9.17, 15) is 4.79 Å². The van der Waals surface area contributed by atoms with Gasteiger partial charge in [0.2, 0.25) is 0 Å². The molecule has 2 aromatic rings. The number of carbonyl (C=O) groups excluding carboxylic acids is 1. The van der Waals surface area contributed by atoms with E-state index in [1.54, 1.807) is 4.68 Å². The highest BCUT2D eigenvalue weighted by Crippen LogP contribution is 2.23. The highest BCUT2D eigenvalue weighted by molar-refractivity contribution is 5.96. The Kier molecular flexibility index (Phi) is 4.22. The van der Waals surface area contributed by atoms with E-state index in [4.69, 9.17) is 10.5 Å². The van der Waals surface area contributed by atoms with E-state index in [0.29, 0.717) is 13.0 Å². The molecular formula is C16H20N4O2. The van der Waals surface area contributed by atoms with Gasteiger partial charge in [0.15, 0.2) is 0 Å². The first-order valence-electron chi connectivity index (χ1n) is 7.45. The minimum atomic E-state index is -0.430. The molecule has 1 aromatic heterocycles. The van der Waals surface area contributed by atoms with Crippen molar-refractivity contribution in [1.29, 1.82) is 0 Å². The fourth-order valence-electron chi connectivity index (χ4n) is 2.61. The molecule has 1 amide bonds. The lowest BCUT2D eigenvalue weighted by Crippen LogP contribution is -2.30. The fourth-order valence-corrected chi connectivity index (χ4v) is 2.61. The predicted octanol–water partition coefficient (Wildman–Crippen LogP) is 1.63. The molecule has 0 aliphatic carbocycles. The Morgan fingerprint density at radius 3 is 2.91 bits per heavy atom. The number of benzene rings is 1. The van der Waals surface area contributed by atoms with Crippen molar-refractivity contribution in [3.05, 3.63) is 42.2 Å². The summed E-state index contributed by atoms with van der Waals surface area (Å²) >= 11 is 0. The number of nitrogens with one attached hydrogen (secondary N) is 1. The molecule has 1 aliphatic rings. The van der Waals surface area contributed by atoms with E-state index in [1.807, 2.05) is 43.5 Å². The molecule has 1 aromatic carbocycles. The molecule has 0 radical (unpaired) electrons. The zero-order chi connectivity index (χ0) is 15.5. The first-order valence-corrected chi connectivity index (χ1v) is 7.45. The van der Waals surface area contributed by atoms with Gasteiger partial charge in [-0.05, 0) is 38.0 Å². The highest BCUT2D eigenvalue weighted by atomic mass is 16.5. The van der Waals surface area contributed by atoms with Gasteiger partial charge >= 0.3 is 0 Å². The molecule has 3 rings (SSSR count). The number of para-hydroxylation sites is 2. The molecule has 2 heterocycles. The molecule has 0 unspecified atom stereocenters. The van der Waals surface area contributed by atoms with E-state index < -0.39 is 6.10 Å². The van der Waals surface area contributed by atoms with Crippen molar-refractivity contribution in [2.45, 2.75) is 32.0 Å². The van der Waals surface area contributed by atoms with Crippen LogP contribution < -0.4 is 11.1 Å². The Morgan fingerprint density at radius 1 is 1.41 bits per heavy atom. The molecule has 2 atom stereocenters. The van der Waals surface area contributed by atoms with Crippen LogP contribution in [0.2, 0.25) is 0 Å². The van der Waals surface area contributed by atoms with Crippen LogP contribution in [0.25, 0.3) is 5.69 Å². The summed E-state index contributed by atoms with van der Waals surface area (Å²) in [5.74, 6) is -0.132. The van der Waals surface area contributed by atoms with Gasteiger partial charge in [-0.1, -0.05) is 12.1 Å². The van der Waals surface area contributed by atoms with Gasteiger partial charge < -0.3 is 15.8 Å². The second kappa shape index (κ2) is 6.29. The van der Waals surface area contributed by atoms with Crippen LogP contribution in [0.5, 0.6) is 0 Å². The molecule has 6 heteroatoms. The number of carbonyl (C=O) groups is 1. The van der Waals surface area contributed by atoms with Crippen molar-refractivity contribution in [2.24, 2.45) is 5.73 Å². The van der Waals surface area contributed by atoms with Crippen LogP contribution in [0, 0.1) is 6.92 Å². The van der Waals surface area contributed by atoms with E-state index in [1.165, 1.54) is 0 Å². The summed E-state index contributed by atoms with van der Waals surface area (Å²) in [5.41, 5.74) is 8.05. The van der Waals surface area contributed by atoms with E-state index in [-0.39, 0.29) is 12.0 Å². The number of aromatic nitrogens is 2. The van der Waals surface area contributed by atoms with Crippen LogP contribution in [0.4, 0.5) is 5.69 Å². The molecule has 1 fully saturated rings. The van der Waals surface area contributed by atoms with Crippen molar-refractivity contribution in [2.75, 3.05) is 11.9 Å². The lowest BCUT2D eigenvalue weighted by atomic mass is 10.2. The summed E-state index contributed by atoms with van der Waals surface area (Å²) in [6.07, 6.45) is 2.96. The zero-order valence-electron chi connectivity index (χ0n) is 12.5. The van der Waals surface area contributed by atoms with E-state index in [0.717, 1.165) is 23.5 Å². The van der Waals surface area contributed by atoms with Gasteiger partial charge in [0.25, 0.3) is 5.91 Å². The summed E-state index contributed by atoms with van der Waals surface area (Å²) in [6, 6.07) is 9.50. The van der Waals surface area contributed by atoms with Gasteiger partial charge in [-0.15, -0.1) is 0 Å². The second-order valence-electron chi connectivity index (χ2n) is 5.47. The average Bonchev–Trinajstić information content (AvgIpc) is 3.16. The van der Waals surface area contributed by atoms with Gasteiger partial charge in [0.1, 0.15) is 6.10 Å². The van der Waals surface area contributed by atoms with Crippen LogP contribution in [0.15, 0.2) is 36.5 Å². The van der Waals surface area contributed by atoms with Crippen LogP contribution in [-0.4, -0.2) is 34.4 Å². The fraction of sp³-hybridized carbons (Fsp3) is 0.375. The van der Waals surface area contributed by atoms with Crippen molar-refractivity contribution in [1.82, 2.24) is 9.78 Å². The average molecular weight is 300 g/mol. The lowest BCUT2D eigenvalue weighted by molar-refractivity contribution is -0.126. The molecule has 22 heavy (non-hydrogen) atoms. The minimum Gasteiger partial charge on any atom is -0.364 e. The topological polar surface area (TPSA) is 82.2 Å². The number of hydrogen-bond acceptors (Lipinski definition) is 4.